The maximum absolute atomic E-state index is 12.4. The monoisotopic (exact) mass is 254 g/mol. The fourth-order valence-corrected chi connectivity index (χ4v) is 1.67. The van der Waals surface area contributed by atoms with Gasteiger partial charge in [0.25, 0.3) is 0 Å². The standard InChI is InChI=1S/C14H22O4/c1-8-17-11(14(5,6)7)9(12(16)18-8)10(15)13(2,3)4/h8H,1-7H3/t8-/m1/s1. The van der Waals surface area contributed by atoms with E-state index in [2.05, 4.69) is 0 Å². The molecule has 1 rings (SSSR count). The zero-order chi connectivity index (χ0) is 14.3. The normalized spacial score (nSPS) is 21.5. The summed E-state index contributed by atoms with van der Waals surface area (Å²) in [7, 11) is 0. The molecule has 0 spiro atoms. The fourth-order valence-electron chi connectivity index (χ4n) is 1.67. The summed E-state index contributed by atoms with van der Waals surface area (Å²) in [5.74, 6) is -0.408. The van der Waals surface area contributed by atoms with Gasteiger partial charge in [-0.2, -0.15) is 0 Å². The Bertz CT molecular complexity index is 404. The predicted octanol–water partition coefficient (Wildman–Crippen LogP) is 2.82. The maximum Gasteiger partial charge on any atom is 0.348 e. The molecule has 0 radical (unpaired) electrons. The number of allylic oxidation sites excluding steroid dienone is 1. The lowest BCUT2D eigenvalue weighted by Gasteiger charge is -2.33. The molecule has 0 aromatic rings. The summed E-state index contributed by atoms with van der Waals surface area (Å²) in [6.45, 7) is 12.7. The van der Waals surface area contributed by atoms with Gasteiger partial charge in [-0.05, 0) is 0 Å². The van der Waals surface area contributed by atoms with Gasteiger partial charge >= 0.3 is 5.97 Å². The molecular weight excluding hydrogens is 232 g/mol. The topological polar surface area (TPSA) is 52.6 Å². The molecule has 0 unspecified atom stereocenters. The van der Waals surface area contributed by atoms with Gasteiger partial charge in [0.2, 0.25) is 6.29 Å². The van der Waals surface area contributed by atoms with Crippen LogP contribution in [0.2, 0.25) is 0 Å². The number of cyclic esters (lactones) is 1. The van der Waals surface area contributed by atoms with Crippen LogP contribution in [0.3, 0.4) is 0 Å². The Morgan fingerprint density at radius 2 is 1.56 bits per heavy atom. The van der Waals surface area contributed by atoms with Gasteiger partial charge in [-0.3, -0.25) is 4.79 Å². The molecular formula is C14H22O4. The van der Waals surface area contributed by atoms with Crippen molar-refractivity contribution in [2.75, 3.05) is 0 Å². The molecule has 0 saturated heterocycles. The lowest BCUT2D eigenvalue weighted by atomic mass is 9.81. The highest BCUT2D eigenvalue weighted by Gasteiger charge is 2.41. The predicted molar refractivity (Wildman–Crippen MR) is 67.6 cm³/mol. The van der Waals surface area contributed by atoms with Crippen LogP contribution in [0, 0.1) is 10.8 Å². The highest BCUT2D eigenvalue weighted by molar-refractivity contribution is 6.19. The van der Waals surface area contributed by atoms with Gasteiger partial charge in [0.15, 0.2) is 5.78 Å². The quantitative estimate of drug-likeness (QED) is 0.533. The van der Waals surface area contributed by atoms with E-state index in [9.17, 15) is 9.59 Å². The first-order valence-electron chi connectivity index (χ1n) is 6.12. The van der Waals surface area contributed by atoms with Gasteiger partial charge in [-0.15, -0.1) is 0 Å². The average Bonchev–Trinajstić information content (AvgIpc) is 2.12. The van der Waals surface area contributed by atoms with E-state index in [0.29, 0.717) is 5.76 Å². The van der Waals surface area contributed by atoms with Crippen molar-refractivity contribution in [2.45, 2.75) is 54.8 Å². The van der Waals surface area contributed by atoms with Crippen molar-refractivity contribution in [1.29, 1.82) is 0 Å². The minimum absolute atomic E-state index is 0.0492. The molecule has 0 aliphatic carbocycles. The molecule has 0 bridgehead atoms. The second-order valence-corrected chi connectivity index (χ2v) is 6.62. The number of hydrogen-bond acceptors (Lipinski definition) is 4. The highest BCUT2D eigenvalue weighted by Crippen LogP contribution is 2.36. The third-order valence-corrected chi connectivity index (χ3v) is 2.58. The van der Waals surface area contributed by atoms with Crippen LogP contribution < -0.4 is 0 Å². The van der Waals surface area contributed by atoms with E-state index in [0.717, 1.165) is 0 Å². The molecule has 0 N–H and O–H groups in total. The van der Waals surface area contributed by atoms with Crippen molar-refractivity contribution in [2.24, 2.45) is 10.8 Å². The SMILES string of the molecule is C[C@H]1OC(=O)C(C(=O)C(C)(C)C)=C(C(C)(C)C)O1. The number of ketones is 1. The number of hydrogen-bond donors (Lipinski definition) is 0. The Kier molecular flexibility index (Phi) is 3.61. The van der Waals surface area contributed by atoms with E-state index in [1.54, 1.807) is 27.7 Å². The molecule has 18 heavy (non-hydrogen) atoms. The summed E-state index contributed by atoms with van der Waals surface area (Å²) in [5, 5.41) is 0. The summed E-state index contributed by atoms with van der Waals surface area (Å²) >= 11 is 0. The van der Waals surface area contributed by atoms with Crippen LogP contribution in [0.1, 0.15) is 48.5 Å². The Morgan fingerprint density at radius 3 is 1.94 bits per heavy atom. The van der Waals surface area contributed by atoms with E-state index in [1.807, 2.05) is 20.8 Å². The van der Waals surface area contributed by atoms with Crippen molar-refractivity contribution in [3.8, 4) is 0 Å². The zero-order valence-corrected chi connectivity index (χ0v) is 12.2. The first-order chi connectivity index (χ1) is 7.94. The van der Waals surface area contributed by atoms with E-state index in [1.165, 1.54) is 0 Å². The van der Waals surface area contributed by atoms with Gasteiger partial charge in [0.05, 0.1) is 0 Å². The van der Waals surface area contributed by atoms with Crippen molar-refractivity contribution in [1.82, 2.24) is 0 Å². The van der Waals surface area contributed by atoms with Gasteiger partial charge in [0, 0.05) is 17.8 Å². The number of ether oxygens (including phenoxy) is 2. The molecule has 4 heteroatoms. The highest BCUT2D eigenvalue weighted by atomic mass is 16.7. The molecule has 0 fully saturated rings. The summed E-state index contributed by atoms with van der Waals surface area (Å²) in [5.41, 5.74) is -1.01. The molecule has 1 aliphatic rings. The average molecular weight is 254 g/mol. The molecule has 4 nitrogen and oxygen atoms in total. The Labute approximate surface area is 108 Å². The van der Waals surface area contributed by atoms with E-state index in [-0.39, 0.29) is 11.4 Å². The Morgan fingerprint density at radius 1 is 1.06 bits per heavy atom. The molecule has 1 aliphatic heterocycles. The largest absolute Gasteiger partial charge is 0.458 e. The van der Waals surface area contributed by atoms with Gasteiger partial charge in [-0.1, -0.05) is 41.5 Å². The van der Waals surface area contributed by atoms with E-state index in [4.69, 9.17) is 9.47 Å². The number of rotatable bonds is 1. The summed E-state index contributed by atoms with van der Waals surface area (Å²) in [6, 6.07) is 0. The van der Waals surface area contributed by atoms with Crippen LogP contribution in [-0.2, 0) is 19.1 Å². The van der Waals surface area contributed by atoms with Crippen molar-refractivity contribution in [3.05, 3.63) is 11.3 Å². The minimum Gasteiger partial charge on any atom is -0.458 e. The molecule has 0 aromatic carbocycles. The fraction of sp³-hybridized carbons (Fsp3) is 0.714. The zero-order valence-electron chi connectivity index (χ0n) is 12.2. The lowest BCUT2D eigenvalue weighted by molar-refractivity contribution is -0.175. The molecule has 0 saturated carbocycles. The van der Waals surface area contributed by atoms with Crippen molar-refractivity contribution < 1.29 is 19.1 Å². The molecule has 1 atom stereocenters. The van der Waals surface area contributed by atoms with Crippen molar-refractivity contribution in [3.63, 3.8) is 0 Å². The maximum atomic E-state index is 12.4. The van der Waals surface area contributed by atoms with Crippen LogP contribution in [0.4, 0.5) is 0 Å². The second-order valence-electron chi connectivity index (χ2n) is 6.62. The molecule has 0 aromatic heterocycles. The molecule has 0 amide bonds. The molecule has 102 valence electrons. The Hall–Kier alpha value is -1.32. The van der Waals surface area contributed by atoms with Gasteiger partial charge < -0.3 is 9.47 Å². The van der Waals surface area contributed by atoms with E-state index < -0.39 is 23.1 Å². The van der Waals surface area contributed by atoms with Crippen LogP contribution >= 0.6 is 0 Å². The van der Waals surface area contributed by atoms with Crippen LogP contribution in [-0.4, -0.2) is 18.0 Å². The number of carbonyl (C=O) groups excluding carboxylic acids is 2. The first kappa shape index (κ1) is 14.7. The van der Waals surface area contributed by atoms with E-state index >= 15 is 0 Å². The molecule has 1 heterocycles. The van der Waals surface area contributed by atoms with Gasteiger partial charge in [0.1, 0.15) is 11.3 Å². The first-order valence-corrected chi connectivity index (χ1v) is 6.12. The summed E-state index contributed by atoms with van der Waals surface area (Å²) < 4.78 is 10.6. The van der Waals surface area contributed by atoms with Crippen LogP contribution in [0.15, 0.2) is 11.3 Å². The number of carbonyl (C=O) groups is 2. The number of esters is 1. The Balaban J connectivity index is 3.38. The third-order valence-electron chi connectivity index (χ3n) is 2.58. The smallest absolute Gasteiger partial charge is 0.348 e. The summed E-state index contributed by atoms with van der Waals surface area (Å²) in [4.78, 5) is 24.3. The number of Topliss-reactive ketones (excluding diaryl/α,β-unsaturated/α-hetero) is 1. The van der Waals surface area contributed by atoms with Crippen molar-refractivity contribution >= 4 is 11.8 Å². The van der Waals surface area contributed by atoms with Gasteiger partial charge in [-0.25, -0.2) is 4.79 Å². The summed E-state index contributed by atoms with van der Waals surface area (Å²) in [6.07, 6.45) is -0.650. The van der Waals surface area contributed by atoms with Crippen LogP contribution in [0.25, 0.3) is 0 Å². The second kappa shape index (κ2) is 4.41. The third kappa shape index (κ3) is 2.92. The lowest BCUT2D eigenvalue weighted by Crippen LogP contribution is -2.38. The minimum atomic E-state index is -0.650. The van der Waals surface area contributed by atoms with Crippen LogP contribution in [0.5, 0.6) is 0 Å².